The van der Waals surface area contributed by atoms with Gasteiger partial charge < -0.3 is 10.1 Å². The van der Waals surface area contributed by atoms with Crippen molar-refractivity contribution in [2.24, 2.45) is 4.99 Å². The molecule has 0 bridgehead atoms. The van der Waals surface area contributed by atoms with E-state index in [1.807, 2.05) is 0 Å². The van der Waals surface area contributed by atoms with Crippen LogP contribution in [0.5, 0.6) is 0 Å². The number of nitrogens with zero attached hydrogens (tertiary/aromatic N) is 1. The SMILES string of the molecule is COCC(C)NC1=NCCCC1. The van der Waals surface area contributed by atoms with E-state index in [0.29, 0.717) is 6.04 Å². The molecule has 70 valence electrons. The van der Waals surface area contributed by atoms with Crippen molar-refractivity contribution in [1.29, 1.82) is 0 Å². The molecule has 0 aromatic heterocycles. The van der Waals surface area contributed by atoms with Crippen molar-refractivity contribution in [3.05, 3.63) is 0 Å². The van der Waals surface area contributed by atoms with Crippen molar-refractivity contribution in [2.45, 2.75) is 32.2 Å². The summed E-state index contributed by atoms with van der Waals surface area (Å²) >= 11 is 0. The van der Waals surface area contributed by atoms with E-state index in [1.54, 1.807) is 7.11 Å². The fourth-order valence-electron chi connectivity index (χ4n) is 1.39. The van der Waals surface area contributed by atoms with Crippen molar-refractivity contribution in [2.75, 3.05) is 20.3 Å². The molecule has 1 N–H and O–H groups in total. The summed E-state index contributed by atoms with van der Waals surface area (Å²) in [5, 5.41) is 3.34. The quantitative estimate of drug-likeness (QED) is 0.690. The van der Waals surface area contributed by atoms with Crippen molar-refractivity contribution in [1.82, 2.24) is 5.32 Å². The molecule has 0 aliphatic carbocycles. The first-order chi connectivity index (χ1) is 5.83. The van der Waals surface area contributed by atoms with Gasteiger partial charge in [0.25, 0.3) is 0 Å². The van der Waals surface area contributed by atoms with Gasteiger partial charge in [-0.25, -0.2) is 0 Å². The van der Waals surface area contributed by atoms with Crippen LogP contribution in [-0.2, 0) is 4.74 Å². The van der Waals surface area contributed by atoms with Crippen LogP contribution in [0.25, 0.3) is 0 Å². The molecule has 0 aromatic carbocycles. The number of rotatable bonds is 3. The van der Waals surface area contributed by atoms with Crippen LogP contribution in [-0.4, -0.2) is 32.1 Å². The average Bonchev–Trinajstić information content (AvgIpc) is 2.06. The second-order valence-electron chi connectivity index (χ2n) is 3.29. The van der Waals surface area contributed by atoms with Gasteiger partial charge in [0.2, 0.25) is 0 Å². The fraction of sp³-hybridized carbons (Fsp3) is 0.889. The van der Waals surface area contributed by atoms with Crippen molar-refractivity contribution in [3.63, 3.8) is 0 Å². The maximum Gasteiger partial charge on any atom is 0.0965 e. The lowest BCUT2D eigenvalue weighted by Crippen LogP contribution is -2.36. The molecule has 3 heteroatoms. The first kappa shape index (κ1) is 9.52. The molecule has 3 nitrogen and oxygen atoms in total. The summed E-state index contributed by atoms with van der Waals surface area (Å²) in [6.07, 6.45) is 3.61. The van der Waals surface area contributed by atoms with E-state index in [4.69, 9.17) is 4.74 Å². The highest BCUT2D eigenvalue weighted by atomic mass is 16.5. The third-order valence-electron chi connectivity index (χ3n) is 1.95. The molecule has 0 amide bonds. The third-order valence-corrected chi connectivity index (χ3v) is 1.95. The Morgan fingerprint density at radius 1 is 1.58 bits per heavy atom. The lowest BCUT2D eigenvalue weighted by molar-refractivity contribution is 0.179. The summed E-state index contributed by atoms with van der Waals surface area (Å²) < 4.78 is 5.03. The smallest absolute Gasteiger partial charge is 0.0965 e. The lowest BCUT2D eigenvalue weighted by atomic mass is 10.1. The summed E-state index contributed by atoms with van der Waals surface area (Å²) in [6, 6.07) is 0.381. The molecule has 1 atom stereocenters. The highest BCUT2D eigenvalue weighted by Gasteiger charge is 2.07. The van der Waals surface area contributed by atoms with Gasteiger partial charge in [0.1, 0.15) is 0 Å². The van der Waals surface area contributed by atoms with Crippen molar-refractivity contribution >= 4 is 5.84 Å². The lowest BCUT2D eigenvalue weighted by Gasteiger charge is -2.18. The van der Waals surface area contributed by atoms with Gasteiger partial charge in [-0.05, 0) is 19.8 Å². The van der Waals surface area contributed by atoms with Gasteiger partial charge in [0.15, 0.2) is 0 Å². The highest BCUT2D eigenvalue weighted by Crippen LogP contribution is 2.04. The number of methoxy groups -OCH3 is 1. The Morgan fingerprint density at radius 2 is 2.42 bits per heavy atom. The van der Waals surface area contributed by atoms with Gasteiger partial charge in [0.05, 0.1) is 12.4 Å². The van der Waals surface area contributed by atoms with Gasteiger partial charge in [-0.15, -0.1) is 0 Å². The average molecular weight is 170 g/mol. The number of hydrogen-bond donors (Lipinski definition) is 1. The largest absolute Gasteiger partial charge is 0.383 e. The summed E-state index contributed by atoms with van der Waals surface area (Å²) in [4.78, 5) is 4.40. The van der Waals surface area contributed by atoms with Crippen LogP contribution in [0.4, 0.5) is 0 Å². The van der Waals surface area contributed by atoms with Crippen LogP contribution in [0.15, 0.2) is 4.99 Å². The Bertz CT molecular complexity index is 157. The molecule has 1 aliphatic rings. The monoisotopic (exact) mass is 170 g/mol. The minimum absolute atomic E-state index is 0.381. The van der Waals surface area contributed by atoms with Gasteiger partial charge in [0, 0.05) is 26.1 Å². The third kappa shape index (κ3) is 3.22. The Labute approximate surface area is 74.2 Å². The molecule has 1 rings (SSSR count). The van der Waals surface area contributed by atoms with Gasteiger partial charge >= 0.3 is 0 Å². The van der Waals surface area contributed by atoms with E-state index >= 15 is 0 Å². The fourth-order valence-corrected chi connectivity index (χ4v) is 1.39. The topological polar surface area (TPSA) is 33.6 Å². The summed E-state index contributed by atoms with van der Waals surface area (Å²) in [5.74, 6) is 1.16. The second-order valence-corrected chi connectivity index (χ2v) is 3.29. The minimum Gasteiger partial charge on any atom is -0.383 e. The van der Waals surface area contributed by atoms with Crippen molar-refractivity contribution < 1.29 is 4.74 Å². The van der Waals surface area contributed by atoms with Crippen molar-refractivity contribution in [3.8, 4) is 0 Å². The summed E-state index contributed by atoms with van der Waals surface area (Å²) in [7, 11) is 1.72. The molecule has 0 fully saturated rings. The number of aliphatic imine (C=N–C) groups is 1. The summed E-state index contributed by atoms with van der Waals surface area (Å²) in [5.41, 5.74) is 0. The predicted molar refractivity (Wildman–Crippen MR) is 50.6 cm³/mol. The molecule has 0 spiro atoms. The molecule has 12 heavy (non-hydrogen) atoms. The van der Waals surface area contributed by atoms with E-state index in [-0.39, 0.29) is 0 Å². The zero-order valence-electron chi connectivity index (χ0n) is 7.97. The van der Waals surface area contributed by atoms with Crippen LogP contribution in [0.3, 0.4) is 0 Å². The van der Waals surface area contributed by atoms with E-state index in [0.717, 1.165) is 25.4 Å². The standard InChI is InChI=1S/C9H18N2O/c1-8(7-12-2)11-9-5-3-4-6-10-9/h8H,3-7H2,1-2H3,(H,10,11). The molecule has 1 heterocycles. The Morgan fingerprint density at radius 3 is 3.00 bits per heavy atom. The van der Waals surface area contributed by atoms with E-state index in [2.05, 4.69) is 17.2 Å². The number of nitrogens with one attached hydrogen (secondary N) is 1. The molecule has 0 radical (unpaired) electrons. The van der Waals surface area contributed by atoms with Gasteiger partial charge in [-0.1, -0.05) is 0 Å². The van der Waals surface area contributed by atoms with E-state index in [9.17, 15) is 0 Å². The molecule has 1 unspecified atom stereocenters. The molecule has 1 aliphatic heterocycles. The number of hydrogen-bond acceptors (Lipinski definition) is 3. The van der Waals surface area contributed by atoms with E-state index in [1.165, 1.54) is 12.8 Å². The highest BCUT2D eigenvalue weighted by molar-refractivity contribution is 5.82. The van der Waals surface area contributed by atoms with Crippen LogP contribution in [0, 0.1) is 0 Å². The van der Waals surface area contributed by atoms with Gasteiger partial charge in [-0.2, -0.15) is 0 Å². The van der Waals surface area contributed by atoms with Crippen LogP contribution < -0.4 is 5.32 Å². The zero-order valence-corrected chi connectivity index (χ0v) is 7.97. The van der Waals surface area contributed by atoms with Crippen LogP contribution in [0.1, 0.15) is 26.2 Å². The molecular weight excluding hydrogens is 152 g/mol. The molecular formula is C9H18N2O. The van der Waals surface area contributed by atoms with Crippen LogP contribution in [0.2, 0.25) is 0 Å². The van der Waals surface area contributed by atoms with Gasteiger partial charge in [-0.3, -0.25) is 4.99 Å². The normalized spacial score (nSPS) is 20.0. The predicted octanol–water partition coefficient (Wildman–Crippen LogP) is 1.19. The molecule has 0 saturated heterocycles. The Balaban J connectivity index is 2.24. The minimum atomic E-state index is 0.381. The first-order valence-corrected chi connectivity index (χ1v) is 4.61. The van der Waals surface area contributed by atoms with E-state index < -0.39 is 0 Å². The van der Waals surface area contributed by atoms with Crippen LogP contribution >= 0.6 is 0 Å². The maximum absolute atomic E-state index is 5.03. The maximum atomic E-state index is 5.03. The number of ether oxygens (including phenoxy) is 1. The summed E-state index contributed by atoms with van der Waals surface area (Å²) in [6.45, 7) is 3.85. The number of amidine groups is 1. The molecule has 0 aromatic rings. The Kier molecular flexibility index (Phi) is 4.08. The zero-order chi connectivity index (χ0) is 8.81. The first-order valence-electron chi connectivity index (χ1n) is 4.61. The second kappa shape index (κ2) is 5.14. The Hall–Kier alpha value is -0.570. The molecule has 0 saturated carbocycles.